The Morgan fingerprint density at radius 1 is 1.12 bits per heavy atom. The molecule has 8 heteroatoms. The van der Waals surface area contributed by atoms with Gasteiger partial charge in [0.2, 0.25) is 5.95 Å². The van der Waals surface area contributed by atoms with Crippen LogP contribution in [-0.2, 0) is 6.42 Å². The van der Waals surface area contributed by atoms with E-state index in [0.717, 1.165) is 76.0 Å². The summed E-state index contributed by atoms with van der Waals surface area (Å²) in [5.41, 5.74) is 2.53. The van der Waals surface area contributed by atoms with Gasteiger partial charge in [-0.05, 0) is 63.3 Å². The quantitative estimate of drug-likeness (QED) is 0.658. The first-order valence-electron chi connectivity index (χ1n) is 12.2. The number of aryl methyl sites for hydroxylation is 1. The molecule has 0 radical (unpaired) electrons. The van der Waals surface area contributed by atoms with Gasteiger partial charge < -0.3 is 15.2 Å². The van der Waals surface area contributed by atoms with Gasteiger partial charge in [0.25, 0.3) is 11.5 Å². The number of aromatic amines is 1. The molecule has 2 saturated heterocycles. The maximum Gasteiger partial charge on any atom is 0.270 e. The first-order chi connectivity index (χ1) is 16.0. The number of halogens is 1. The molecule has 2 aliphatic heterocycles. The highest BCUT2D eigenvalue weighted by Gasteiger charge is 2.32. The fraction of sp³-hybridized carbons (Fsp3) is 0.560. The number of nitrogens with one attached hydrogen (secondary N) is 2. The highest BCUT2D eigenvalue weighted by atomic mass is 19.1. The number of hydrogen-bond acceptors (Lipinski definition) is 5. The van der Waals surface area contributed by atoms with Crippen molar-refractivity contribution in [1.29, 1.82) is 0 Å². The zero-order valence-corrected chi connectivity index (χ0v) is 19.1. The maximum atomic E-state index is 14.7. The van der Waals surface area contributed by atoms with Crippen LogP contribution < -0.4 is 15.8 Å². The standard InChI is InChI=1S/C25H32FN5O2/c1-2-16-3-6-20(29-24(16)32)17-9-12-31(15-17)19-10-13-30(14-11-19)22-8-7-21(28-23(22)26)25(33)27-18-4-5-18/h3,6-8,17-19H,2,4-5,9-15H2,1H3,(H,27,33)(H,29,32). The normalized spacial score (nSPS) is 22.0. The molecule has 1 amide bonds. The molecule has 2 aromatic rings. The van der Waals surface area contributed by atoms with Crippen molar-refractivity contribution in [2.75, 3.05) is 31.1 Å². The molecule has 1 unspecified atom stereocenters. The van der Waals surface area contributed by atoms with Crippen LogP contribution in [0.5, 0.6) is 0 Å². The third-order valence-electron chi connectivity index (χ3n) is 7.35. The second kappa shape index (κ2) is 9.25. The van der Waals surface area contributed by atoms with Crippen molar-refractivity contribution in [2.45, 2.75) is 63.5 Å². The summed E-state index contributed by atoms with van der Waals surface area (Å²) >= 11 is 0. The highest BCUT2D eigenvalue weighted by Crippen LogP contribution is 2.31. The first-order valence-corrected chi connectivity index (χ1v) is 12.2. The van der Waals surface area contributed by atoms with Gasteiger partial charge in [-0.15, -0.1) is 0 Å². The number of carbonyl (C=O) groups excluding carboxylic acids is 1. The maximum absolute atomic E-state index is 14.7. The fourth-order valence-corrected chi connectivity index (χ4v) is 5.16. The van der Waals surface area contributed by atoms with E-state index >= 15 is 0 Å². The van der Waals surface area contributed by atoms with Gasteiger partial charge in [0, 0.05) is 48.9 Å². The van der Waals surface area contributed by atoms with Crippen LogP contribution in [0, 0.1) is 5.95 Å². The van der Waals surface area contributed by atoms with Crippen LogP contribution in [0.15, 0.2) is 29.1 Å². The Labute approximate surface area is 193 Å². The Hall–Kier alpha value is -2.74. The van der Waals surface area contributed by atoms with Gasteiger partial charge >= 0.3 is 0 Å². The molecule has 3 aliphatic rings. The van der Waals surface area contributed by atoms with Crippen LogP contribution in [0.1, 0.15) is 66.7 Å². The lowest BCUT2D eigenvalue weighted by Crippen LogP contribution is -2.44. The summed E-state index contributed by atoms with van der Waals surface area (Å²) in [6.45, 7) is 5.50. The second-order valence-electron chi connectivity index (χ2n) is 9.57. The summed E-state index contributed by atoms with van der Waals surface area (Å²) in [5, 5.41) is 2.85. The molecule has 0 aromatic carbocycles. The van der Waals surface area contributed by atoms with Crippen molar-refractivity contribution < 1.29 is 9.18 Å². The molecule has 2 N–H and O–H groups in total. The predicted octanol–water partition coefficient (Wildman–Crippen LogP) is 2.82. The van der Waals surface area contributed by atoms with Crippen molar-refractivity contribution in [1.82, 2.24) is 20.2 Å². The van der Waals surface area contributed by atoms with Crippen LogP contribution in [0.2, 0.25) is 0 Å². The Balaban J connectivity index is 1.16. The molecule has 0 spiro atoms. The zero-order valence-electron chi connectivity index (χ0n) is 19.1. The Bertz CT molecular complexity index is 1070. The lowest BCUT2D eigenvalue weighted by Gasteiger charge is -2.37. The number of hydrogen-bond donors (Lipinski definition) is 2. The Morgan fingerprint density at radius 3 is 2.58 bits per heavy atom. The van der Waals surface area contributed by atoms with Crippen molar-refractivity contribution in [3.63, 3.8) is 0 Å². The lowest BCUT2D eigenvalue weighted by atomic mass is 10.0. The number of nitrogens with zero attached hydrogens (tertiary/aromatic N) is 3. The molecule has 1 saturated carbocycles. The van der Waals surface area contributed by atoms with Crippen LogP contribution in [0.4, 0.5) is 10.1 Å². The van der Waals surface area contributed by atoms with Crippen LogP contribution >= 0.6 is 0 Å². The van der Waals surface area contributed by atoms with E-state index in [-0.39, 0.29) is 23.2 Å². The molecular formula is C25H32FN5O2. The molecule has 2 aromatic heterocycles. The Kier molecular flexibility index (Phi) is 6.19. The number of likely N-dealkylation sites (tertiary alicyclic amines) is 1. The summed E-state index contributed by atoms with van der Waals surface area (Å²) in [5.74, 6) is -0.508. The van der Waals surface area contributed by atoms with Crippen LogP contribution in [0.25, 0.3) is 0 Å². The number of piperidine rings is 1. The monoisotopic (exact) mass is 453 g/mol. The third kappa shape index (κ3) is 4.81. The minimum absolute atomic E-state index is 0.0356. The molecule has 176 valence electrons. The minimum atomic E-state index is -0.572. The summed E-state index contributed by atoms with van der Waals surface area (Å²) in [4.78, 5) is 35.9. The highest BCUT2D eigenvalue weighted by molar-refractivity contribution is 5.92. The number of carbonyl (C=O) groups is 1. The average Bonchev–Trinajstić information content (AvgIpc) is 3.50. The summed E-state index contributed by atoms with van der Waals surface area (Å²) < 4.78 is 14.7. The van der Waals surface area contributed by atoms with Crippen molar-refractivity contribution in [3.8, 4) is 0 Å². The summed E-state index contributed by atoms with van der Waals surface area (Å²) in [6.07, 6.45) is 5.69. The average molecular weight is 454 g/mol. The SMILES string of the molecule is CCc1ccc(C2CCN(C3CCN(c4ccc(C(=O)NC5CC5)nc4F)CC3)C2)[nH]c1=O. The van der Waals surface area contributed by atoms with Crippen LogP contribution in [0.3, 0.4) is 0 Å². The zero-order chi connectivity index (χ0) is 22.9. The smallest absolute Gasteiger partial charge is 0.270 e. The number of anilines is 1. The van der Waals surface area contributed by atoms with Crippen LogP contribution in [-0.4, -0.2) is 59.0 Å². The molecule has 4 heterocycles. The van der Waals surface area contributed by atoms with Crippen molar-refractivity contribution in [3.05, 3.63) is 57.5 Å². The van der Waals surface area contributed by atoms with E-state index < -0.39 is 5.95 Å². The van der Waals surface area contributed by atoms with E-state index in [0.29, 0.717) is 17.6 Å². The number of aromatic nitrogens is 2. The third-order valence-corrected chi connectivity index (χ3v) is 7.35. The number of pyridine rings is 2. The van der Waals surface area contributed by atoms with E-state index in [1.54, 1.807) is 12.1 Å². The van der Waals surface area contributed by atoms with Crippen molar-refractivity contribution >= 4 is 11.6 Å². The van der Waals surface area contributed by atoms with Gasteiger partial charge in [-0.3, -0.25) is 14.5 Å². The Morgan fingerprint density at radius 2 is 1.91 bits per heavy atom. The largest absolute Gasteiger partial charge is 0.368 e. The van der Waals surface area contributed by atoms with Gasteiger partial charge in [0.15, 0.2) is 0 Å². The van der Waals surface area contributed by atoms with E-state index in [9.17, 15) is 14.0 Å². The molecule has 1 atom stereocenters. The summed E-state index contributed by atoms with van der Waals surface area (Å²) in [6, 6.07) is 8.03. The molecule has 3 fully saturated rings. The van der Waals surface area contributed by atoms with E-state index in [1.165, 1.54) is 0 Å². The van der Waals surface area contributed by atoms with E-state index in [4.69, 9.17) is 0 Å². The predicted molar refractivity (Wildman–Crippen MR) is 125 cm³/mol. The van der Waals surface area contributed by atoms with Gasteiger partial charge in [-0.2, -0.15) is 4.39 Å². The summed E-state index contributed by atoms with van der Waals surface area (Å²) in [7, 11) is 0. The van der Waals surface area contributed by atoms with Gasteiger partial charge in [0.1, 0.15) is 5.69 Å². The van der Waals surface area contributed by atoms with Gasteiger partial charge in [0.05, 0.1) is 5.69 Å². The number of rotatable bonds is 6. The van der Waals surface area contributed by atoms with Gasteiger partial charge in [-0.25, -0.2) is 4.98 Å². The fourth-order valence-electron chi connectivity index (χ4n) is 5.16. The molecule has 5 rings (SSSR count). The number of amides is 1. The number of H-pyrrole nitrogens is 1. The lowest BCUT2D eigenvalue weighted by molar-refractivity contribution is 0.0945. The van der Waals surface area contributed by atoms with Crippen molar-refractivity contribution in [2.24, 2.45) is 0 Å². The molecule has 1 aliphatic carbocycles. The molecule has 0 bridgehead atoms. The van der Waals surface area contributed by atoms with E-state index in [1.807, 2.05) is 17.9 Å². The first kappa shape index (κ1) is 22.1. The topological polar surface area (TPSA) is 81.3 Å². The van der Waals surface area contributed by atoms with Gasteiger partial charge in [-0.1, -0.05) is 13.0 Å². The molecular weight excluding hydrogens is 421 g/mol. The molecule has 7 nitrogen and oxygen atoms in total. The second-order valence-corrected chi connectivity index (χ2v) is 9.57. The molecule has 33 heavy (non-hydrogen) atoms. The minimum Gasteiger partial charge on any atom is -0.368 e. The van der Waals surface area contributed by atoms with E-state index in [2.05, 4.69) is 26.3 Å².